The van der Waals surface area contributed by atoms with Crippen LogP contribution in [0.2, 0.25) is 5.02 Å². The standard InChI is InChI=1S/C30H31ClN8O3/c1-17-27(18(2)42-38-17)29(41)39-9-7-19(8-10-39)12-26(40)36-25-6-5-22-13-21(25)4-3-20-11-23(15-32-14-20)35-30-33-16-24(31)28(34-22)37-30/h5-6,11,13-16,19H,3-4,7-10,12H2,1-2H3,(H,36,40)(H2,33,34,35,37). The van der Waals surface area contributed by atoms with Gasteiger partial charge in [-0.15, -0.1) is 0 Å². The number of nitrogens with zero attached hydrogens (tertiary/aromatic N) is 5. The minimum absolute atomic E-state index is 0.0401. The van der Waals surface area contributed by atoms with Gasteiger partial charge in [0.05, 0.1) is 23.8 Å². The Kier molecular flexibility index (Phi) is 7.75. The minimum atomic E-state index is -0.0566. The number of aromatic nitrogens is 4. The summed E-state index contributed by atoms with van der Waals surface area (Å²) in [5, 5.41) is 13.9. The molecule has 42 heavy (non-hydrogen) atoms. The average Bonchev–Trinajstić information content (AvgIpc) is 3.32. The molecule has 5 heterocycles. The van der Waals surface area contributed by atoms with E-state index >= 15 is 0 Å². The molecule has 3 aromatic heterocycles. The lowest BCUT2D eigenvalue weighted by Gasteiger charge is -2.31. The molecule has 1 aromatic carbocycles. The number of piperidine rings is 1. The number of fused-ring (bicyclic) bond motifs is 6. The van der Waals surface area contributed by atoms with Crippen LogP contribution in [0.1, 0.15) is 52.2 Å². The summed E-state index contributed by atoms with van der Waals surface area (Å²) < 4.78 is 5.17. The molecule has 0 atom stereocenters. The van der Waals surface area contributed by atoms with Crippen molar-refractivity contribution in [2.75, 3.05) is 29.0 Å². The van der Waals surface area contributed by atoms with E-state index in [9.17, 15) is 9.59 Å². The summed E-state index contributed by atoms with van der Waals surface area (Å²) in [6.07, 6.45) is 8.43. The zero-order valence-electron chi connectivity index (χ0n) is 23.4. The molecule has 0 unspecified atom stereocenters. The highest BCUT2D eigenvalue weighted by Gasteiger charge is 2.28. The summed E-state index contributed by atoms with van der Waals surface area (Å²) >= 11 is 6.38. The number of hydrogen-bond acceptors (Lipinski definition) is 9. The maximum atomic E-state index is 13.2. The van der Waals surface area contributed by atoms with Gasteiger partial charge in [0, 0.05) is 37.1 Å². The Bertz CT molecular complexity index is 1630. The molecule has 6 rings (SSSR count). The lowest BCUT2D eigenvalue weighted by molar-refractivity contribution is -0.117. The van der Waals surface area contributed by atoms with Crippen molar-refractivity contribution in [2.24, 2.45) is 5.92 Å². The lowest BCUT2D eigenvalue weighted by Crippen LogP contribution is -2.39. The molecule has 3 N–H and O–H groups in total. The van der Waals surface area contributed by atoms with Gasteiger partial charge in [0.25, 0.3) is 5.91 Å². The molecular weight excluding hydrogens is 556 g/mol. The van der Waals surface area contributed by atoms with Crippen molar-refractivity contribution in [3.8, 4) is 0 Å². The number of aryl methyl sites for hydroxylation is 4. The molecule has 12 heteroatoms. The number of hydrogen-bond donors (Lipinski definition) is 3. The molecular formula is C30H31ClN8O3. The van der Waals surface area contributed by atoms with E-state index < -0.39 is 0 Å². The van der Waals surface area contributed by atoms with E-state index in [0.717, 1.165) is 47.5 Å². The largest absolute Gasteiger partial charge is 0.361 e. The third-order valence-corrected chi connectivity index (χ3v) is 8.02. The van der Waals surface area contributed by atoms with Gasteiger partial charge >= 0.3 is 0 Å². The number of benzene rings is 1. The molecule has 0 saturated carbocycles. The summed E-state index contributed by atoms with van der Waals surface area (Å²) in [6.45, 7) is 4.73. The summed E-state index contributed by atoms with van der Waals surface area (Å²) in [6, 6.07) is 7.82. The molecule has 0 spiro atoms. The Morgan fingerprint density at radius 2 is 1.90 bits per heavy atom. The number of rotatable bonds is 4. The maximum Gasteiger partial charge on any atom is 0.259 e. The number of pyridine rings is 1. The van der Waals surface area contributed by atoms with Crippen LogP contribution in [0.5, 0.6) is 0 Å². The molecule has 2 aliphatic rings. The van der Waals surface area contributed by atoms with Gasteiger partial charge in [0.2, 0.25) is 11.9 Å². The predicted molar refractivity (Wildman–Crippen MR) is 160 cm³/mol. The number of carbonyl (C=O) groups excluding carboxylic acids is 2. The van der Waals surface area contributed by atoms with E-state index in [0.29, 0.717) is 59.7 Å². The molecule has 1 fully saturated rings. The summed E-state index contributed by atoms with van der Waals surface area (Å²) in [5.74, 6) is 1.51. The van der Waals surface area contributed by atoms with Crippen molar-refractivity contribution in [3.63, 3.8) is 0 Å². The Morgan fingerprint density at radius 3 is 2.69 bits per heavy atom. The van der Waals surface area contributed by atoms with Gasteiger partial charge < -0.3 is 25.4 Å². The van der Waals surface area contributed by atoms with Crippen molar-refractivity contribution in [3.05, 3.63) is 76.0 Å². The molecule has 6 bridgehead atoms. The fraction of sp³-hybridized carbons (Fsp3) is 0.333. The monoisotopic (exact) mass is 586 g/mol. The van der Waals surface area contributed by atoms with Crippen molar-refractivity contribution >= 4 is 52.2 Å². The lowest BCUT2D eigenvalue weighted by atomic mass is 9.92. The third kappa shape index (κ3) is 6.06. The van der Waals surface area contributed by atoms with Crippen LogP contribution in [0, 0.1) is 19.8 Å². The summed E-state index contributed by atoms with van der Waals surface area (Å²) in [5.41, 5.74) is 5.52. The molecule has 1 saturated heterocycles. The summed E-state index contributed by atoms with van der Waals surface area (Å²) in [4.78, 5) is 41.2. The van der Waals surface area contributed by atoms with Crippen molar-refractivity contribution in [1.29, 1.82) is 0 Å². The van der Waals surface area contributed by atoms with E-state index in [2.05, 4.69) is 36.1 Å². The quantitative estimate of drug-likeness (QED) is 0.279. The first-order chi connectivity index (χ1) is 20.3. The molecule has 216 valence electrons. The van der Waals surface area contributed by atoms with Crippen LogP contribution in [0.25, 0.3) is 0 Å². The first-order valence-electron chi connectivity index (χ1n) is 14.0. The zero-order chi connectivity index (χ0) is 29.2. The second kappa shape index (κ2) is 11.8. The topological polar surface area (TPSA) is 138 Å². The van der Waals surface area contributed by atoms with E-state index in [4.69, 9.17) is 16.1 Å². The van der Waals surface area contributed by atoms with Gasteiger partial charge in [-0.1, -0.05) is 16.8 Å². The van der Waals surface area contributed by atoms with E-state index in [1.54, 1.807) is 26.2 Å². The SMILES string of the molecule is Cc1noc(C)c1C(=O)N1CCC(CC(=O)Nc2ccc3cc2CCc2cncc(c2)Nc2ncc(Cl)c(n2)N3)CC1. The normalized spacial score (nSPS) is 15.0. The van der Waals surface area contributed by atoms with Gasteiger partial charge in [-0.3, -0.25) is 14.6 Å². The molecule has 2 aliphatic heterocycles. The molecule has 0 aliphatic carbocycles. The van der Waals surface area contributed by atoms with E-state index in [1.165, 1.54) is 0 Å². The smallest absolute Gasteiger partial charge is 0.259 e. The van der Waals surface area contributed by atoms with Gasteiger partial charge in [0.1, 0.15) is 16.3 Å². The van der Waals surface area contributed by atoms with Crippen LogP contribution < -0.4 is 16.0 Å². The van der Waals surface area contributed by atoms with Crippen LogP contribution >= 0.6 is 11.6 Å². The number of carbonyl (C=O) groups is 2. The molecule has 4 aromatic rings. The fourth-order valence-corrected chi connectivity index (χ4v) is 5.64. The van der Waals surface area contributed by atoms with Crippen molar-refractivity contribution in [1.82, 2.24) is 25.0 Å². The fourth-order valence-electron chi connectivity index (χ4n) is 5.50. The van der Waals surface area contributed by atoms with Crippen LogP contribution in [0.15, 0.2) is 47.4 Å². The third-order valence-electron chi connectivity index (χ3n) is 7.74. The number of nitrogens with one attached hydrogen (secondary N) is 3. The number of halogens is 1. The second-order valence-corrected chi connectivity index (χ2v) is 11.2. The Balaban J connectivity index is 1.14. The Hall–Kier alpha value is -4.51. The molecule has 11 nitrogen and oxygen atoms in total. The van der Waals surface area contributed by atoms with E-state index in [1.807, 2.05) is 35.4 Å². The van der Waals surface area contributed by atoms with Crippen LogP contribution in [0.4, 0.5) is 28.8 Å². The molecule has 0 radical (unpaired) electrons. The number of likely N-dealkylation sites (tertiary alicyclic amines) is 1. The van der Waals surface area contributed by atoms with Crippen molar-refractivity contribution < 1.29 is 14.1 Å². The highest BCUT2D eigenvalue weighted by Crippen LogP contribution is 2.30. The van der Waals surface area contributed by atoms with Crippen LogP contribution in [-0.4, -0.2) is 49.9 Å². The minimum Gasteiger partial charge on any atom is -0.361 e. The second-order valence-electron chi connectivity index (χ2n) is 10.8. The Labute approximate surface area is 248 Å². The Morgan fingerprint density at radius 1 is 1.07 bits per heavy atom. The number of amides is 2. The van der Waals surface area contributed by atoms with Gasteiger partial charge in [-0.2, -0.15) is 4.98 Å². The van der Waals surface area contributed by atoms with Crippen molar-refractivity contribution in [2.45, 2.75) is 46.0 Å². The average molecular weight is 587 g/mol. The predicted octanol–water partition coefficient (Wildman–Crippen LogP) is 5.60. The number of anilines is 5. The summed E-state index contributed by atoms with van der Waals surface area (Å²) in [7, 11) is 0. The first kappa shape index (κ1) is 27.6. The highest BCUT2D eigenvalue weighted by molar-refractivity contribution is 6.32. The zero-order valence-corrected chi connectivity index (χ0v) is 24.2. The van der Waals surface area contributed by atoms with Gasteiger partial charge in [-0.25, -0.2) is 4.98 Å². The van der Waals surface area contributed by atoms with Gasteiger partial charge in [-0.05, 0) is 80.8 Å². The maximum absolute atomic E-state index is 13.2. The highest BCUT2D eigenvalue weighted by atomic mass is 35.5. The van der Waals surface area contributed by atoms with Crippen LogP contribution in [0.3, 0.4) is 0 Å². The molecule has 2 amide bonds. The first-order valence-corrected chi connectivity index (χ1v) is 14.4. The van der Waals surface area contributed by atoms with E-state index in [-0.39, 0.29) is 17.7 Å². The van der Waals surface area contributed by atoms with Crippen LogP contribution in [-0.2, 0) is 17.6 Å². The van der Waals surface area contributed by atoms with Gasteiger partial charge in [0.15, 0.2) is 5.82 Å².